The van der Waals surface area contributed by atoms with Crippen molar-refractivity contribution in [2.45, 2.75) is 26.3 Å². The van der Waals surface area contributed by atoms with E-state index in [1.807, 2.05) is 7.05 Å². The van der Waals surface area contributed by atoms with Gasteiger partial charge in [-0.15, -0.1) is 0 Å². The van der Waals surface area contributed by atoms with Gasteiger partial charge in [-0.2, -0.15) is 0 Å². The number of benzene rings is 1. The monoisotopic (exact) mass is 278 g/mol. The fraction of sp³-hybridized carbons (Fsp3) is 0.467. The van der Waals surface area contributed by atoms with E-state index >= 15 is 0 Å². The molecule has 0 aliphatic carbocycles. The molecule has 5 heteroatoms. The van der Waals surface area contributed by atoms with Crippen LogP contribution in [-0.4, -0.2) is 48.1 Å². The number of carbonyl (C=O) groups is 2. The number of nitrogens with one attached hydrogen (secondary N) is 1. The van der Waals surface area contributed by atoms with Gasteiger partial charge >= 0.3 is 5.97 Å². The Morgan fingerprint density at radius 3 is 2.30 bits per heavy atom. The van der Waals surface area contributed by atoms with Crippen molar-refractivity contribution >= 4 is 11.9 Å². The lowest BCUT2D eigenvalue weighted by molar-refractivity contribution is 0.0696. The highest BCUT2D eigenvalue weighted by Crippen LogP contribution is 2.04. The molecule has 0 radical (unpaired) electrons. The third kappa shape index (κ3) is 4.66. The standard InChI is InChI=1S/C15H22N2O3/c1-4-11(2)17(3)10-9-16-14(18)12-5-7-13(8-6-12)15(19)20/h5-8,11H,4,9-10H2,1-3H3,(H,16,18)(H,19,20). The number of carboxylic acid groups (broad SMARTS) is 1. The Morgan fingerprint density at radius 1 is 1.25 bits per heavy atom. The van der Waals surface area contributed by atoms with Crippen LogP contribution >= 0.6 is 0 Å². The van der Waals surface area contributed by atoms with Crippen molar-refractivity contribution in [2.75, 3.05) is 20.1 Å². The smallest absolute Gasteiger partial charge is 0.335 e. The zero-order chi connectivity index (χ0) is 15.1. The van der Waals surface area contributed by atoms with Gasteiger partial charge in [0, 0.05) is 24.7 Å². The molecule has 20 heavy (non-hydrogen) atoms. The Labute approximate surface area is 119 Å². The van der Waals surface area contributed by atoms with Crippen molar-refractivity contribution < 1.29 is 14.7 Å². The van der Waals surface area contributed by atoms with Crippen LogP contribution in [-0.2, 0) is 0 Å². The summed E-state index contributed by atoms with van der Waals surface area (Å²) in [7, 11) is 2.03. The fourth-order valence-electron chi connectivity index (χ4n) is 1.74. The largest absolute Gasteiger partial charge is 0.478 e. The molecule has 1 aromatic rings. The average Bonchev–Trinajstić information content (AvgIpc) is 2.46. The minimum atomic E-state index is -0.993. The van der Waals surface area contributed by atoms with Crippen molar-refractivity contribution in [3.8, 4) is 0 Å². The van der Waals surface area contributed by atoms with E-state index in [1.54, 1.807) is 0 Å². The number of hydrogen-bond acceptors (Lipinski definition) is 3. The number of aromatic carboxylic acids is 1. The molecule has 2 N–H and O–H groups in total. The summed E-state index contributed by atoms with van der Waals surface area (Å²) in [4.78, 5) is 24.8. The van der Waals surface area contributed by atoms with E-state index < -0.39 is 5.97 Å². The summed E-state index contributed by atoms with van der Waals surface area (Å²) in [5.74, 6) is -1.17. The molecule has 0 aliphatic heterocycles. The molecule has 0 spiro atoms. The summed E-state index contributed by atoms with van der Waals surface area (Å²) in [6.45, 7) is 5.63. The Kier molecular flexibility index (Phi) is 6.18. The van der Waals surface area contributed by atoms with Gasteiger partial charge in [0.1, 0.15) is 0 Å². The van der Waals surface area contributed by atoms with Crippen LogP contribution < -0.4 is 5.32 Å². The highest BCUT2D eigenvalue weighted by molar-refractivity contribution is 5.95. The lowest BCUT2D eigenvalue weighted by Crippen LogP contribution is -2.37. The van der Waals surface area contributed by atoms with Crippen LogP contribution in [0.15, 0.2) is 24.3 Å². The Balaban J connectivity index is 2.45. The second kappa shape index (κ2) is 7.65. The number of rotatable bonds is 7. The Bertz CT molecular complexity index is 457. The maximum Gasteiger partial charge on any atom is 0.335 e. The fourth-order valence-corrected chi connectivity index (χ4v) is 1.74. The molecule has 0 fully saturated rings. The predicted molar refractivity (Wildman–Crippen MR) is 78.1 cm³/mol. The van der Waals surface area contributed by atoms with Crippen LogP contribution in [0.1, 0.15) is 41.0 Å². The van der Waals surface area contributed by atoms with Crippen LogP contribution in [0.25, 0.3) is 0 Å². The molecule has 1 aromatic carbocycles. The first-order chi connectivity index (χ1) is 9.45. The summed E-state index contributed by atoms with van der Waals surface area (Å²) >= 11 is 0. The second-order valence-corrected chi connectivity index (χ2v) is 4.88. The third-order valence-corrected chi connectivity index (χ3v) is 3.49. The first kappa shape index (κ1) is 16.2. The van der Waals surface area contributed by atoms with E-state index in [4.69, 9.17) is 5.11 Å². The quantitative estimate of drug-likeness (QED) is 0.798. The summed E-state index contributed by atoms with van der Waals surface area (Å²) in [5.41, 5.74) is 0.652. The minimum absolute atomic E-state index is 0.179. The molecule has 0 aromatic heterocycles. The molecule has 1 rings (SSSR count). The molecule has 0 heterocycles. The molecular formula is C15H22N2O3. The van der Waals surface area contributed by atoms with Gasteiger partial charge in [0.15, 0.2) is 0 Å². The topological polar surface area (TPSA) is 69.6 Å². The molecule has 0 saturated carbocycles. The van der Waals surface area contributed by atoms with Crippen molar-refractivity contribution in [3.05, 3.63) is 35.4 Å². The van der Waals surface area contributed by atoms with Crippen molar-refractivity contribution in [1.29, 1.82) is 0 Å². The van der Waals surface area contributed by atoms with Crippen molar-refractivity contribution in [1.82, 2.24) is 10.2 Å². The summed E-state index contributed by atoms with van der Waals surface area (Å²) in [6.07, 6.45) is 1.07. The SMILES string of the molecule is CCC(C)N(C)CCNC(=O)c1ccc(C(=O)O)cc1. The lowest BCUT2D eigenvalue weighted by Gasteiger charge is -2.23. The first-order valence-electron chi connectivity index (χ1n) is 6.77. The molecule has 110 valence electrons. The molecule has 5 nitrogen and oxygen atoms in total. The number of likely N-dealkylation sites (N-methyl/N-ethyl adjacent to an activating group) is 1. The van der Waals surface area contributed by atoms with E-state index in [0.29, 0.717) is 18.2 Å². The average molecular weight is 278 g/mol. The van der Waals surface area contributed by atoms with Crippen LogP contribution in [0, 0.1) is 0 Å². The van der Waals surface area contributed by atoms with Crippen LogP contribution in [0.5, 0.6) is 0 Å². The van der Waals surface area contributed by atoms with E-state index in [0.717, 1.165) is 13.0 Å². The van der Waals surface area contributed by atoms with E-state index in [9.17, 15) is 9.59 Å². The van der Waals surface area contributed by atoms with E-state index in [1.165, 1.54) is 24.3 Å². The predicted octanol–water partition coefficient (Wildman–Crippen LogP) is 1.84. The van der Waals surface area contributed by atoms with Gasteiger partial charge in [-0.3, -0.25) is 4.79 Å². The first-order valence-corrected chi connectivity index (χ1v) is 6.77. The maximum absolute atomic E-state index is 11.9. The Hall–Kier alpha value is -1.88. The molecule has 1 amide bonds. The number of carbonyl (C=O) groups excluding carboxylic acids is 1. The van der Waals surface area contributed by atoms with Gasteiger partial charge in [0.05, 0.1) is 5.56 Å². The number of hydrogen-bond donors (Lipinski definition) is 2. The zero-order valence-corrected chi connectivity index (χ0v) is 12.2. The van der Waals surface area contributed by atoms with Gasteiger partial charge in [-0.05, 0) is 44.7 Å². The number of amides is 1. The van der Waals surface area contributed by atoms with Gasteiger partial charge in [0.2, 0.25) is 0 Å². The van der Waals surface area contributed by atoms with E-state index in [-0.39, 0.29) is 11.5 Å². The van der Waals surface area contributed by atoms with Crippen LogP contribution in [0.4, 0.5) is 0 Å². The van der Waals surface area contributed by atoms with Crippen LogP contribution in [0.2, 0.25) is 0 Å². The lowest BCUT2D eigenvalue weighted by atomic mass is 10.1. The van der Waals surface area contributed by atoms with Gasteiger partial charge < -0.3 is 15.3 Å². The molecule has 0 bridgehead atoms. The minimum Gasteiger partial charge on any atom is -0.478 e. The zero-order valence-electron chi connectivity index (χ0n) is 12.2. The molecule has 0 saturated heterocycles. The molecule has 1 atom stereocenters. The molecular weight excluding hydrogens is 256 g/mol. The molecule has 1 unspecified atom stereocenters. The second-order valence-electron chi connectivity index (χ2n) is 4.88. The van der Waals surface area contributed by atoms with Gasteiger partial charge in [-0.25, -0.2) is 4.79 Å². The summed E-state index contributed by atoms with van der Waals surface area (Å²) in [6, 6.07) is 6.40. The third-order valence-electron chi connectivity index (χ3n) is 3.49. The highest BCUT2D eigenvalue weighted by atomic mass is 16.4. The highest BCUT2D eigenvalue weighted by Gasteiger charge is 2.09. The van der Waals surface area contributed by atoms with Crippen molar-refractivity contribution in [3.63, 3.8) is 0 Å². The Morgan fingerprint density at radius 2 is 1.80 bits per heavy atom. The van der Waals surface area contributed by atoms with Crippen LogP contribution in [0.3, 0.4) is 0 Å². The normalized spacial score (nSPS) is 12.2. The number of carboxylic acids is 1. The summed E-state index contributed by atoms with van der Waals surface area (Å²) in [5, 5.41) is 11.6. The summed E-state index contributed by atoms with van der Waals surface area (Å²) < 4.78 is 0. The number of nitrogens with zero attached hydrogens (tertiary/aromatic N) is 1. The molecule has 0 aliphatic rings. The van der Waals surface area contributed by atoms with E-state index in [2.05, 4.69) is 24.1 Å². The maximum atomic E-state index is 11.9. The van der Waals surface area contributed by atoms with Crippen molar-refractivity contribution in [2.24, 2.45) is 0 Å². The van der Waals surface area contributed by atoms with Gasteiger partial charge in [0.25, 0.3) is 5.91 Å². The van der Waals surface area contributed by atoms with Gasteiger partial charge in [-0.1, -0.05) is 6.92 Å².